The number of fused-ring (bicyclic) bond motifs is 1. The highest BCUT2D eigenvalue weighted by Gasteiger charge is 2.26. The molecule has 0 radical (unpaired) electrons. The molecule has 2 aromatic rings. The molecule has 2 aromatic carbocycles. The average Bonchev–Trinajstić information content (AvgIpc) is 2.74. The summed E-state index contributed by atoms with van der Waals surface area (Å²) in [4.78, 5) is 17.2. The molecular weight excluding hydrogens is 350 g/mol. The highest BCUT2D eigenvalue weighted by atomic mass is 16.5. The molecule has 2 heterocycles. The van der Waals surface area contributed by atoms with E-state index < -0.39 is 0 Å². The van der Waals surface area contributed by atoms with Gasteiger partial charge in [-0.1, -0.05) is 30.3 Å². The maximum Gasteiger partial charge on any atom is 0.321 e. The molecule has 148 valence electrons. The van der Waals surface area contributed by atoms with Crippen molar-refractivity contribution in [2.24, 2.45) is 5.92 Å². The average molecular weight is 380 g/mol. The number of nitrogens with zero attached hydrogens (tertiary/aromatic N) is 2. The topological polar surface area (TPSA) is 44.8 Å². The molecule has 0 saturated carbocycles. The third-order valence-electron chi connectivity index (χ3n) is 5.85. The van der Waals surface area contributed by atoms with Crippen LogP contribution in [0.1, 0.15) is 24.0 Å². The predicted molar refractivity (Wildman–Crippen MR) is 112 cm³/mol. The van der Waals surface area contributed by atoms with Gasteiger partial charge >= 0.3 is 6.03 Å². The van der Waals surface area contributed by atoms with Crippen LogP contribution in [0.3, 0.4) is 0 Å². The summed E-state index contributed by atoms with van der Waals surface area (Å²) in [5, 5.41) is 3.02. The van der Waals surface area contributed by atoms with Crippen LogP contribution in [0.2, 0.25) is 0 Å². The molecular formula is C23H29N3O2. The Bertz CT molecular complexity index is 823. The summed E-state index contributed by atoms with van der Waals surface area (Å²) >= 11 is 0. The number of amides is 2. The number of nitrogens with one attached hydrogen (secondary N) is 1. The summed E-state index contributed by atoms with van der Waals surface area (Å²) in [7, 11) is 1.63. The maximum absolute atomic E-state index is 12.7. The fraction of sp³-hybridized carbons (Fsp3) is 0.435. The van der Waals surface area contributed by atoms with Gasteiger partial charge < -0.3 is 15.0 Å². The summed E-state index contributed by atoms with van der Waals surface area (Å²) < 4.78 is 5.24. The number of piperidine rings is 1. The van der Waals surface area contributed by atoms with Crippen LogP contribution < -0.4 is 10.1 Å². The first-order valence-electron chi connectivity index (χ1n) is 10.2. The summed E-state index contributed by atoms with van der Waals surface area (Å²) in [6.45, 7) is 4.87. The van der Waals surface area contributed by atoms with Crippen molar-refractivity contribution in [3.63, 3.8) is 0 Å². The number of carbonyl (C=O) groups excluding carboxylic acids is 1. The number of hydrogen-bond acceptors (Lipinski definition) is 3. The fourth-order valence-corrected chi connectivity index (χ4v) is 4.38. The monoisotopic (exact) mass is 379 g/mol. The van der Waals surface area contributed by atoms with Gasteiger partial charge in [-0.3, -0.25) is 4.90 Å². The van der Waals surface area contributed by atoms with Crippen LogP contribution in [0.15, 0.2) is 48.5 Å². The van der Waals surface area contributed by atoms with Gasteiger partial charge in [0.1, 0.15) is 5.75 Å². The van der Waals surface area contributed by atoms with E-state index in [-0.39, 0.29) is 6.03 Å². The van der Waals surface area contributed by atoms with E-state index in [9.17, 15) is 4.79 Å². The number of hydrogen-bond donors (Lipinski definition) is 1. The zero-order chi connectivity index (χ0) is 19.3. The summed E-state index contributed by atoms with van der Waals surface area (Å²) in [5.74, 6) is 1.29. The van der Waals surface area contributed by atoms with Gasteiger partial charge in [-0.2, -0.15) is 0 Å². The van der Waals surface area contributed by atoms with Crippen LogP contribution in [-0.2, 0) is 13.0 Å². The van der Waals surface area contributed by atoms with Crippen molar-refractivity contribution in [2.45, 2.75) is 25.8 Å². The Kier molecular flexibility index (Phi) is 5.81. The van der Waals surface area contributed by atoms with E-state index in [0.717, 1.165) is 57.0 Å². The number of likely N-dealkylation sites (tertiary alicyclic amines) is 1. The lowest BCUT2D eigenvalue weighted by Crippen LogP contribution is -2.46. The summed E-state index contributed by atoms with van der Waals surface area (Å²) in [6, 6.07) is 16.3. The number of anilines is 1. The van der Waals surface area contributed by atoms with Crippen molar-refractivity contribution in [3.8, 4) is 5.75 Å². The first-order chi connectivity index (χ1) is 13.7. The molecule has 5 nitrogen and oxygen atoms in total. The molecule has 1 N–H and O–H groups in total. The predicted octanol–water partition coefficient (Wildman–Crippen LogP) is 4.00. The number of benzene rings is 2. The minimum absolute atomic E-state index is 0.0121. The molecule has 0 aliphatic carbocycles. The van der Waals surface area contributed by atoms with Gasteiger partial charge in [0.25, 0.3) is 0 Å². The van der Waals surface area contributed by atoms with E-state index in [1.54, 1.807) is 7.11 Å². The van der Waals surface area contributed by atoms with E-state index in [0.29, 0.717) is 5.92 Å². The Morgan fingerprint density at radius 1 is 1.14 bits per heavy atom. The van der Waals surface area contributed by atoms with Crippen molar-refractivity contribution in [1.29, 1.82) is 0 Å². The Labute approximate surface area is 167 Å². The van der Waals surface area contributed by atoms with Gasteiger partial charge in [0.2, 0.25) is 0 Å². The molecule has 2 aliphatic heterocycles. The summed E-state index contributed by atoms with van der Waals surface area (Å²) in [5.41, 5.74) is 3.72. The maximum atomic E-state index is 12.7. The quantitative estimate of drug-likeness (QED) is 0.873. The lowest BCUT2D eigenvalue weighted by Gasteiger charge is -2.37. The number of rotatable bonds is 4. The van der Waals surface area contributed by atoms with Crippen molar-refractivity contribution < 1.29 is 9.53 Å². The zero-order valence-corrected chi connectivity index (χ0v) is 16.6. The van der Waals surface area contributed by atoms with E-state index in [1.807, 2.05) is 29.2 Å². The molecule has 0 aromatic heterocycles. The highest BCUT2D eigenvalue weighted by molar-refractivity contribution is 5.89. The van der Waals surface area contributed by atoms with Crippen molar-refractivity contribution in [2.75, 3.05) is 38.6 Å². The molecule has 5 heteroatoms. The Morgan fingerprint density at radius 2 is 2.00 bits per heavy atom. The first kappa shape index (κ1) is 18.8. The molecule has 1 saturated heterocycles. The third kappa shape index (κ3) is 4.47. The smallest absolute Gasteiger partial charge is 0.321 e. The SMILES string of the molecule is COc1cccc(NC(=O)N2CCCC(CN3CCc4ccccc4C3)C2)c1. The molecule has 1 atom stereocenters. The van der Waals surface area contributed by atoms with Crippen molar-refractivity contribution in [1.82, 2.24) is 9.80 Å². The van der Waals surface area contributed by atoms with Crippen LogP contribution in [0.5, 0.6) is 5.75 Å². The molecule has 2 aliphatic rings. The third-order valence-corrected chi connectivity index (χ3v) is 5.85. The zero-order valence-electron chi connectivity index (χ0n) is 16.6. The largest absolute Gasteiger partial charge is 0.497 e. The Balaban J connectivity index is 1.32. The number of ether oxygens (including phenoxy) is 1. The number of carbonyl (C=O) groups is 1. The number of urea groups is 1. The minimum atomic E-state index is -0.0121. The van der Waals surface area contributed by atoms with Gasteiger partial charge in [0, 0.05) is 44.5 Å². The normalized spacial score (nSPS) is 19.8. The van der Waals surface area contributed by atoms with Crippen molar-refractivity contribution in [3.05, 3.63) is 59.7 Å². The van der Waals surface area contributed by atoms with Gasteiger partial charge in [-0.25, -0.2) is 4.79 Å². The second-order valence-electron chi connectivity index (χ2n) is 7.87. The van der Waals surface area contributed by atoms with E-state index in [4.69, 9.17) is 4.74 Å². The van der Waals surface area contributed by atoms with Crippen molar-refractivity contribution >= 4 is 11.7 Å². The van der Waals surface area contributed by atoms with Gasteiger partial charge in [0.15, 0.2) is 0 Å². The Morgan fingerprint density at radius 3 is 2.86 bits per heavy atom. The minimum Gasteiger partial charge on any atom is -0.497 e. The van der Waals surface area contributed by atoms with E-state index >= 15 is 0 Å². The van der Waals surface area contributed by atoms with Crippen LogP contribution in [0.25, 0.3) is 0 Å². The molecule has 1 unspecified atom stereocenters. The standard InChI is InChI=1S/C23H29N3O2/c1-28-22-10-4-9-21(14-22)24-23(27)26-12-5-6-18(16-26)15-25-13-11-19-7-2-3-8-20(19)17-25/h2-4,7-10,14,18H,5-6,11-13,15-17H2,1H3,(H,24,27). The molecule has 2 amide bonds. The summed E-state index contributed by atoms with van der Waals surface area (Å²) in [6.07, 6.45) is 3.39. The lowest BCUT2D eigenvalue weighted by atomic mass is 9.95. The van der Waals surface area contributed by atoms with Gasteiger partial charge in [0.05, 0.1) is 7.11 Å². The highest BCUT2D eigenvalue weighted by Crippen LogP contribution is 2.24. The van der Waals surface area contributed by atoms with E-state index in [1.165, 1.54) is 17.5 Å². The van der Waals surface area contributed by atoms with Crippen LogP contribution in [0, 0.1) is 5.92 Å². The van der Waals surface area contributed by atoms with Crippen LogP contribution in [0.4, 0.5) is 10.5 Å². The fourth-order valence-electron chi connectivity index (χ4n) is 4.38. The van der Waals surface area contributed by atoms with Crippen LogP contribution in [-0.4, -0.2) is 49.1 Å². The van der Waals surface area contributed by atoms with E-state index in [2.05, 4.69) is 34.5 Å². The second kappa shape index (κ2) is 8.65. The van der Waals surface area contributed by atoms with Crippen LogP contribution >= 0.6 is 0 Å². The van der Waals surface area contributed by atoms with Gasteiger partial charge in [-0.15, -0.1) is 0 Å². The molecule has 1 fully saturated rings. The first-order valence-corrected chi connectivity index (χ1v) is 10.2. The lowest BCUT2D eigenvalue weighted by molar-refractivity contribution is 0.140. The molecule has 4 rings (SSSR count). The molecule has 0 bridgehead atoms. The number of methoxy groups -OCH3 is 1. The molecule has 0 spiro atoms. The second-order valence-corrected chi connectivity index (χ2v) is 7.87. The van der Waals surface area contributed by atoms with Gasteiger partial charge in [-0.05, 0) is 48.4 Å². The molecule has 28 heavy (non-hydrogen) atoms. The Hall–Kier alpha value is -2.53.